The molecule has 134 valence electrons. The van der Waals surface area contributed by atoms with Crippen LogP contribution in [0.1, 0.15) is 31.2 Å². The van der Waals surface area contributed by atoms with Gasteiger partial charge in [-0.3, -0.25) is 4.79 Å². The van der Waals surface area contributed by atoms with Crippen molar-refractivity contribution in [2.75, 3.05) is 13.4 Å². The van der Waals surface area contributed by atoms with E-state index >= 15 is 0 Å². The summed E-state index contributed by atoms with van der Waals surface area (Å²) in [5, 5.41) is 0. The number of carbonyl (C=O) groups excluding carboxylic acids is 1. The predicted octanol–water partition coefficient (Wildman–Crippen LogP) is 2.78. The van der Waals surface area contributed by atoms with E-state index in [-0.39, 0.29) is 17.8 Å². The molecule has 2 rings (SSSR count). The van der Waals surface area contributed by atoms with Crippen molar-refractivity contribution in [1.82, 2.24) is 4.72 Å². The molecule has 1 aliphatic rings. The summed E-state index contributed by atoms with van der Waals surface area (Å²) in [5.74, 6) is -0.660. The molecule has 1 N–H and O–H groups in total. The summed E-state index contributed by atoms with van der Waals surface area (Å²) >= 11 is 3.16. The quantitative estimate of drug-likeness (QED) is 0.741. The van der Waals surface area contributed by atoms with Gasteiger partial charge in [0, 0.05) is 6.04 Å². The minimum absolute atomic E-state index is 0.169. The number of halogens is 2. The molecule has 0 saturated heterocycles. The maximum absolute atomic E-state index is 13.4. The third-order valence-corrected chi connectivity index (χ3v) is 5.84. The van der Waals surface area contributed by atoms with Crippen LogP contribution in [0.2, 0.25) is 0 Å². The Kier molecular flexibility index (Phi) is 6.04. The standard InChI is InChI=1S/C16H21BrFNO4S/c1-23-15(20)16(10-11-3-4-14(18)13(17)9-11)7-5-12(6-8-16)19-24(2,21)22/h3-4,9,12,19H,5-8,10H2,1-2H3. The molecule has 0 aliphatic heterocycles. The van der Waals surface area contributed by atoms with Gasteiger partial charge >= 0.3 is 5.97 Å². The van der Waals surface area contributed by atoms with Gasteiger partial charge in [0.05, 0.1) is 23.3 Å². The van der Waals surface area contributed by atoms with Gasteiger partial charge in [-0.05, 0) is 65.7 Å². The summed E-state index contributed by atoms with van der Waals surface area (Å²) in [7, 11) is -1.92. The number of sulfonamides is 1. The van der Waals surface area contributed by atoms with Gasteiger partial charge in [0.1, 0.15) is 5.82 Å². The molecular formula is C16H21BrFNO4S. The van der Waals surface area contributed by atoms with Crippen LogP contribution < -0.4 is 4.72 Å². The van der Waals surface area contributed by atoms with Crippen LogP contribution in [0.15, 0.2) is 22.7 Å². The van der Waals surface area contributed by atoms with Crippen LogP contribution in [0.3, 0.4) is 0 Å². The highest BCUT2D eigenvalue weighted by Gasteiger charge is 2.43. The molecule has 0 atom stereocenters. The summed E-state index contributed by atoms with van der Waals surface area (Å²) in [5.41, 5.74) is 0.130. The van der Waals surface area contributed by atoms with Crippen LogP contribution in [-0.2, 0) is 26.0 Å². The first-order valence-corrected chi connectivity index (χ1v) is 10.3. The van der Waals surface area contributed by atoms with E-state index in [0.29, 0.717) is 36.6 Å². The smallest absolute Gasteiger partial charge is 0.312 e. The largest absolute Gasteiger partial charge is 0.469 e. The Morgan fingerprint density at radius 1 is 1.42 bits per heavy atom. The molecule has 0 spiro atoms. The number of ether oxygens (including phenoxy) is 1. The third-order valence-electron chi connectivity index (χ3n) is 4.47. The molecule has 0 radical (unpaired) electrons. The first-order chi connectivity index (χ1) is 11.1. The lowest BCUT2D eigenvalue weighted by Crippen LogP contribution is -2.44. The molecule has 1 aromatic rings. The van der Waals surface area contributed by atoms with Crippen molar-refractivity contribution in [1.29, 1.82) is 0 Å². The highest BCUT2D eigenvalue weighted by molar-refractivity contribution is 9.10. The molecular weight excluding hydrogens is 401 g/mol. The average Bonchev–Trinajstić information content (AvgIpc) is 2.51. The molecule has 0 heterocycles. The molecule has 0 bridgehead atoms. The summed E-state index contributed by atoms with van der Waals surface area (Å²) in [6.45, 7) is 0. The molecule has 24 heavy (non-hydrogen) atoms. The fourth-order valence-corrected chi connectivity index (χ4v) is 4.57. The SMILES string of the molecule is COC(=O)C1(Cc2ccc(F)c(Br)c2)CCC(NS(C)(=O)=O)CC1. The lowest BCUT2D eigenvalue weighted by molar-refractivity contribution is -0.155. The fraction of sp³-hybridized carbons (Fsp3) is 0.562. The molecule has 0 unspecified atom stereocenters. The minimum atomic E-state index is -3.27. The number of hydrogen-bond donors (Lipinski definition) is 1. The van der Waals surface area contributed by atoms with Crippen LogP contribution in [0, 0.1) is 11.2 Å². The van der Waals surface area contributed by atoms with Crippen LogP contribution in [0.4, 0.5) is 4.39 Å². The maximum atomic E-state index is 13.4. The molecule has 0 aromatic heterocycles. The minimum Gasteiger partial charge on any atom is -0.469 e. The second kappa shape index (κ2) is 7.49. The van der Waals surface area contributed by atoms with Gasteiger partial charge in [-0.2, -0.15) is 0 Å². The highest BCUT2D eigenvalue weighted by atomic mass is 79.9. The molecule has 0 amide bonds. The molecule has 1 aliphatic carbocycles. The average molecular weight is 422 g/mol. The van der Waals surface area contributed by atoms with E-state index in [9.17, 15) is 17.6 Å². The van der Waals surface area contributed by atoms with Crippen LogP contribution in [0.5, 0.6) is 0 Å². The monoisotopic (exact) mass is 421 g/mol. The van der Waals surface area contributed by atoms with Crippen molar-refractivity contribution < 1.29 is 22.3 Å². The fourth-order valence-electron chi connectivity index (χ4n) is 3.30. The Balaban J connectivity index is 2.17. The van der Waals surface area contributed by atoms with Gasteiger partial charge < -0.3 is 4.74 Å². The molecule has 8 heteroatoms. The number of benzene rings is 1. The predicted molar refractivity (Wildman–Crippen MR) is 92.5 cm³/mol. The van der Waals surface area contributed by atoms with Gasteiger partial charge in [0.15, 0.2) is 0 Å². The van der Waals surface area contributed by atoms with E-state index in [4.69, 9.17) is 4.74 Å². The second-order valence-corrected chi connectivity index (χ2v) is 9.00. The number of carbonyl (C=O) groups is 1. The lowest BCUT2D eigenvalue weighted by atomic mass is 9.69. The molecule has 1 saturated carbocycles. The van der Waals surface area contributed by atoms with Crippen molar-refractivity contribution in [2.45, 2.75) is 38.1 Å². The van der Waals surface area contributed by atoms with E-state index in [1.54, 1.807) is 12.1 Å². The Labute approximate surface area is 150 Å². The zero-order chi connectivity index (χ0) is 18.0. The molecule has 1 aromatic carbocycles. The number of hydrogen-bond acceptors (Lipinski definition) is 4. The number of nitrogens with one attached hydrogen (secondary N) is 1. The number of esters is 1. The zero-order valence-electron chi connectivity index (χ0n) is 13.6. The summed E-state index contributed by atoms with van der Waals surface area (Å²) in [6, 6.07) is 4.52. The van der Waals surface area contributed by atoms with Gasteiger partial charge in [0.2, 0.25) is 10.0 Å². The summed E-state index contributed by atoms with van der Waals surface area (Å²) < 4.78 is 44.1. The van der Waals surface area contributed by atoms with Crippen molar-refractivity contribution in [3.63, 3.8) is 0 Å². The second-order valence-electron chi connectivity index (χ2n) is 6.36. The topological polar surface area (TPSA) is 72.5 Å². The van der Waals surface area contributed by atoms with Crippen molar-refractivity contribution >= 4 is 31.9 Å². The van der Waals surface area contributed by atoms with Crippen LogP contribution in [-0.4, -0.2) is 33.8 Å². The van der Waals surface area contributed by atoms with E-state index in [1.807, 2.05) is 0 Å². The molecule has 1 fully saturated rings. The van der Waals surface area contributed by atoms with E-state index in [2.05, 4.69) is 20.7 Å². The van der Waals surface area contributed by atoms with Crippen molar-refractivity contribution in [3.8, 4) is 0 Å². The zero-order valence-corrected chi connectivity index (χ0v) is 16.0. The van der Waals surface area contributed by atoms with E-state index < -0.39 is 15.4 Å². The Morgan fingerprint density at radius 3 is 2.54 bits per heavy atom. The van der Waals surface area contributed by atoms with Crippen molar-refractivity contribution in [3.05, 3.63) is 34.1 Å². The number of rotatable bonds is 5. The molecule has 5 nitrogen and oxygen atoms in total. The van der Waals surface area contributed by atoms with Crippen molar-refractivity contribution in [2.24, 2.45) is 5.41 Å². The van der Waals surface area contributed by atoms with Gasteiger partial charge in [-0.25, -0.2) is 17.5 Å². The third kappa shape index (κ3) is 4.77. The number of methoxy groups -OCH3 is 1. The summed E-state index contributed by atoms with van der Waals surface area (Å²) in [6.07, 6.45) is 3.72. The van der Waals surface area contributed by atoms with Crippen LogP contribution in [0.25, 0.3) is 0 Å². The Bertz CT molecular complexity index is 715. The normalized spacial score (nSPS) is 24.6. The van der Waals surface area contributed by atoms with E-state index in [0.717, 1.165) is 11.8 Å². The van der Waals surface area contributed by atoms with Gasteiger partial charge in [0.25, 0.3) is 0 Å². The van der Waals surface area contributed by atoms with Gasteiger partial charge in [-0.15, -0.1) is 0 Å². The Morgan fingerprint density at radius 2 is 2.04 bits per heavy atom. The van der Waals surface area contributed by atoms with E-state index in [1.165, 1.54) is 13.2 Å². The first kappa shape index (κ1) is 19.3. The van der Waals surface area contributed by atoms with Crippen LogP contribution >= 0.6 is 15.9 Å². The summed E-state index contributed by atoms with van der Waals surface area (Å²) in [4.78, 5) is 12.4. The lowest BCUT2D eigenvalue weighted by Gasteiger charge is -2.38. The Hall–Kier alpha value is -0.990. The maximum Gasteiger partial charge on any atom is 0.312 e. The highest BCUT2D eigenvalue weighted by Crippen LogP contribution is 2.41. The first-order valence-electron chi connectivity index (χ1n) is 7.65. The van der Waals surface area contributed by atoms with Gasteiger partial charge in [-0.1, -0.05) is 6.07 Å².